The van der Waals surface area contributed by atoms with Crippen LogP contribution in [0.1, 0.15) is 25.3 Å². The molecule has 0 bridgehead atoms. The van der Waals surface area contributed by atoms with Crippen LogP contribution < -0.4 is 20.1 Å². The van der Waals surface area contributed by atoms with Crippen LogP contribution in [0.15, 0.2) is 17.1 Å². The first kappa shape index (κ1) is 21.0. The lowest BCUT2D eigenvalue weighted by atomic mass is 10.1. The Morgan fingerprint density at radius 3 is 2.96 bits per heavy atom. The molecular formula is C20H30ClN3O4. The van der Waals surface area contributed by atoms with Crippen LogP contribution in [0.2, 0.25) is 5.02 Å². The number of nitrogens with zero attached hydrogens (tertiary/aromatic N) is 1. The van der Waals surface area contributed by atoms with E-state index in [2.05, 4.69) is 15.6 Å². The fourth-order valence-electron chi connectivity index (χ4n) is 3.11. The number of benzene rings is 1. The van der Waals surface area contributed by atoms with Gasteiger partial charge in [0.05, 0.1) is 24.8 Å². The van der Waals surface area contributed by atoms with Gasteiger partial charge in [0, 0.05) is 32.2 Å². The molecular weight excluding hydrogens is 382 g/mol. The molecule has 7 nitrogen and oxygen atoms in total. The second-order valence-corrected chi connectivity index (χ2v) is 7.29. The van der Waals surface area contributed by atoms with Gasteiger partial charge in [-0.2, -0.15) is 0 Å². The van der Waals surface area contributed by atoms with Crippen molar-refractivity contribution < 1.29 is 18.9 Å². The van der Waals surface area contributed by atoms with E-state index in [1.54, 1.807) is 0 Å². The third-order valence-electron chi connectivity index (χ3n) is 4.56. The summed E-state index contributed by atoms with van der Waals surface area (Å²) in [5.41, 5.74) is 0.980. The summed E-state index contributed by atoms with van der Waals surface area (Å²) >= 11 is 6.30. The number of aliphatic imine (C=N–C) groups is 1. The molecule has 2 aliphatic heterocycles. The number of guanidine groups is 1. The Morgan fingerprint density at radius 1 is 1.25 bits per heavy atom. The normalized spacial score (nSPS) is 18.9. The quantitative estimate of drug-likeness (QED) is 0.369. The van der Waals surface area contributed by atoms with Crippen LogP contribution in [-0.4, -0.2) is 58.7 Å². The van der Waals surface area contributed by atoms with Crippen LogP contribution in [0.25, 0.3) is 0 Å². The number of fused-ring (bicyclic) bond motifs is 1. The molecule has 0 amide bonds. The molecule has 3 rings (SSSR count). The van der Waals surface area contributed by atoms with Gasteiger partial charge in [-0.05, 0) is 37.5 Å². The highest BCUT2D eigenvalue weighted by molar-refractivity contribution is 6.32. The van der Waals surface area contributed by atoms with E-state index in [1.807, 2.05) is 19.1 Å². The molecule has 0 aliphatic carbocycles. The van der Waals surface area contributed by atoms with Crippen LogP contribution in [0.3, 0.4) is 0 Å². The molecule has 0 spiro atoms. The van der Waals surface area contributed by atoms with Gasteiger partial charge in [-0.25, -0.2) is 4.99 Å². The molecule has 0 saturated carbocycles. The van der Waals surface area contributed by atoms with Crippen molar-refractivity contribution >= 4 is 17.6 Å². The van der Waals surface area contributed by atoms with E-state index in [4.69, 9.17) is 30.5 Å². The highest BCUT2D eigenvalue weighted by Crippen LogP contribution is 2.38. The number of rotatable bonds is 9. The lowest BCUT2D eigenvalue weighted by Gasteiger charge is -2.20. The van der Waals surface area contributed by atoms with Crippen LogP contribution in [0.5, 0.6) is 11.5 Å². The molecule has 1 atom stereocenters. The second-order valence-electron chi connectivity index (χ2n) is 6.88. The Kier molecular flexibility index (Phi) is 8.51. The molecule has 1 saturated heterocycles. The molecule has 1 aromatic rings. The minimum absolute atomic E-state index is 0.504. The molecule has 156 valence electrons. The van der Waals surface area contributed by atoms with Gasteiger partial charge in [0.2, 0.25) is 0 Å². The van der Waals surface area contributed by atoms with Gasteiger partial charge >= 0.3 is 0 Å². The summed E-state index contributed by atoms with van der Waals surface area (Å²) in [5.74, 6) is 2.64. The summed E-state index contributed by atoms with van der Waals surface area (Å²) in [5, 5.41) is 7.16. The van der Waals surface area contributed by atoms with E-state index in [0.717, 1.165) is 63.9 Å². The molecule has 8 heteroatoms. The van der Waals surface area contributed by atoms with Gasteiger partial charge < -0.3 is 29.6 Å². The predicted octanol–water partition coefficient (Wildman–Crippen LogP) is 2.61. The van der Waals surface area contributed by atoms with E-state index in [1.165, 1.54) is 0 Å². The van der Waals surface area contributed by atoms with Crippen LogP contribution in [0, 0.1) is 5.92 Å². The van der Waals surface area contributed by atoms with Crippen molar-refractivity contribution in [2.45, 2.75) is 26.3 Å². The van der Waals surface area contributed by atoms with Crippen molar-refractivity contribution in [3.8, 4) is 11.5 Å². The molecule has 0 radical (unpaired) electrons. The predicted molar refractivity (Wildman–Crippen MR) is 110 cm³/mol. The maximum absolute atomic E-state index is 6.30. The van der Waals surface area contributed by atoms with Crippen molar-refractivity contribution in [3.63, 3.8) is 0 Å². The van der Waals surface area contributed by atoms with Crippen LogP contribution in [-0.2, 0) is 16.0 Å². The first-order valence-corrected chi connectivity index (χ1v) is 10.4. The largest absolute Gasteiger partial charge is 0.486 e. The van der Waals surface area contributed by atoms with Gasteiger partial charge in [0.1, 0.15) is 13.2 Å². The minimum Gasteiger partial charge on any atom is -0.486 e. The Hall–Kier alpha value is -1.70. The Labute approximate surface area is 171 Å². The van der Waals surface area contributed by atoms with Gasteiger partial charge in [-0.15, -0.1) is 0 Å². The zero-order valence-corrected chi connectivity index (χ0v) is 17.2. The summed E-state index contributed by atoms with van der Waals surface area (Å²) in [6.07, 6.45) is 2.03. The third-order valence-corrected chi connectivity index (χ3v) is 4.84. The average Bonchev–Trinajstić information content (AvgIpc) is 3.22. The molecule has 2 N–H and O–H groups in total. The van der Waals surface area contributed by atoms with Crippen molar-refractivity contribution in [2.75, 3.05) is 52.7 Å². The van der Waals surface area contributed by atoms with E-state index in [-0.39, 0.29) is 0 Å². The Bertz CT molecular complexity index is 651. The highest BCUT2D eigenvalue weighted by atomic mass is 35.5. The van der Waals surface area contributed by atoms with Crippen molar-refractivity contribution in [1.82, 2.24) is 10.6 Å². The summed E-state index contributed by atoms with van der Waals surface area (Å²) < 4.78 is 22.3. The smallest absolute Gasteiger partial charge is 0.191 e. The topological polar surface area (TPSA) is 73.3 Å². The number of ether oxygens (including phenoxy) is 4. The maximum Gasteiger partial charge on any atom is 0.191 e. The molecule has 2 aliphatic rings. The fourth-order valence-corrected chi connectivity index (χ4v) is 3.40. The van der Waals surface area contributed by atoms with Crippen LogP contribution in [0.4, 0.5) is 0 Å². The van der Waals surface area contributed by atoms with E-state index < -0.39 is 0 Å². The van der Waals surface area contributed by atoms with E-state index in [0.29, 0.717) is 42.2 Å². The Balaban J connectivity index is 1.42. The zero-order chi connectivity index (χ0) is 19.6. The minimum atomic E-state index is 0.504. The number of halogens is 1. The second kappa shape index (κ2) is 11.3. The number of hydrogen-bond donors (Lipinski definition) is 2. The summed E-state index contributed by atoms with van der Waals surface area (Å²) in [6.45, 7) is 8.44. The maximum atomic E-state index is 6.30. The number of nitrogens with one attached hydrogen (secondary N) is 2. The van der Waals surface area contributed by atoms with Crippen molar-refractivity contribution in [3.05, 3.63) is 22.7 Å². The molecule has 1 unspecified atom stereocenters. The van der Waals surface area contributed by atoms with Crippen LogP contribution >= 0.6 is 11.6 Å². The highest BCUT2D eigenvalue weighted by Gasteiger charge is 2.17. The Morgan fingerprint density at radius 2 is 2.14 bits per heavy atom. The molecule has 1 fully saturated rings. The summed E-state index contributed by atoms with van der Waals surface area (Å²) in [7, 11) is 0. The lowest BCUT2D eigenvalue weighted by molar-refractivity contribution is 0.0888. The SMILES string of the molecule is CCNC(=NCc1cc(Cl)c2c(c1)OCCO2)NCCCOCC1CCOC1. The zero-order valence-electron chi connectivity index (χ0n) is 16.5. The summed E-state index contributed by atoms with van der Waals surface area (Å²) in [6, 6.07) is 3.82. The van der Waals surface area contributed by atoms with Crippen molar-refractivity contribution in [2.24, 2.45) is 10.9 Å². The van der Waals surface area contributed by atoms with E-state index >= 15 is 0 Å². The van der Waals surface area contributed by atoms with Gasteiger partial charge in [0.25, 0.3) is 0 Å². The van der Waals surface area contributed by atoms with Crippen molar-refractivity contribution in [1.29, 1.82) is 0 Å². The molecule has 2 heterocycles. The lowest BCUT2D eigenvalue weighted by Crippen LogP contribution is -2.38. The molecule has 0 aromatic heterocycles. The monoisotopic (exact) mass is 411 g/mol. The number of hydrogen-bond acceptors (Lipinski definition) is 5. The fraction of sp³-hybridized carbons (Fsp3) is 0.650. The van der Waals surface area contributed by atoms with Gasteiger partial charge in [-0.3, -0.25) is 0 Å². The van der Waals surface area contributed by atoms with Gasteiger partial charge in [-0.1, -0.05) is 11.6 Å². The first-order chi connectivity index (χ1) is 13.8. The van der Waals surface area contributed by atoms with Gasteiger partial charge in [0.15, 0.2) is 17.5 Å². The van der Waals surface area contributed by atoms with E-state index in [9.17, 15) is 0 Å². The molecule has 28 heavy (non-hydrogen) atoms. The molecule has 1 aromatic carbocycles. The average molecular weight is 412 g/mol. The summed E-state index contributed by atoms with van der Waals surface area (Å²) in [4.78, 5) is 4.64. The first-order valence-electron chi connectivity index (χ1n) is 10.0. The third kappa shape index (κ3) is 6.43. The standard InChI is InChI=1S/C20H30ClN3O4/c1-2-22-20(23-5-3-6-25-13-15-4-7-26-14-15)24-12-16-10-17(21)19-18(11-16)27-8-9-28-19/h10-11,15H,2-9,12-14H2,1H3,(H2,22,23,24).